The van der Waals surface area contributed by atoms with Gasteiger partial charge >= 0.3 is 6.09 Å². The highest BCUT2D eigenvalue weighted by Crippen LogP contribution is 2.12. The number of ketones is 1. The van der Waals surface area contributed by atoms with E-state index in [-0.39, 0.29) is 5.78 Å². The molecule has 0 fully saturated rings. The molecule has 1 aromatic carbocycles. The summed E-state index contributed by atoms with van der Waals surface area (Å²) in [6.07, 6.45) is 4.70. The average Bonchev–Trinajstić information content (AvgIpc) is 2.37. The van der Waals surface area contributed by atoms with Gasteiger partial charge in [-0.1, -0.05) is 36.4 Å². The first-order valence-corrected chi connectivity index (χ1v) is 7.48. The smallest absolute Gasteiger partial charge is 0.407 e. The van der Waals surface area contributed by atoms with Crippen LogP contribution in [0.1, 0.15) is 45.2 Å². The van der Waals surface area contributed by atoms with Gasteiger partial charge in [0.15, 0.2) is 0 Å². The van der Waals surface area contributed by atoms with Gasteiger partial charge in [0.05, 0.1) is 0 Å². The van der Waals surface area contributed by atoms with Crippen LogP contribution in [0.25, 0.3) is 6.08 Å². The molecule has 1 N–H and O–H groups in total. The number of Topliss-reactive ketones (excluding diaryl/α,β-unsaturated/α-hetero) is 1. The molecule has 1 aromatic rings. The minimum absolute atomic E-state index is 0.146. The van der Waals surface area contributed by atoms with E-state index in [0.29, 0.717) is 19.4 Å². The molecule has 0 saturated carbocycles. The molecule has 0 atom stereocenters. The highest BCUT2D eigenvalue weighted by molar-refractivity contribution is 5.79. The van der Waals surface area contributed by atoms with Gasteiger partial charge in [-0.3, -0.25) is 4.79 Å². The number of amides is 1. The third-order valence-corrected chi connectivity index (χ3v) is 2.77. The predicted octanol–water partition coefficient (Wildman–Crippen LogP) is 3.75. The Kier molecular flexibility index (Phi) is 6.83. The molecule has 0 saturated heterocycles. The SMILES string of the molecule is CC(=O)Cc1ccccc1C=CCCNC(=O)OC(C)(C)C. The zero-order chi connectivity index (χ0) is 16.6. The van der Waals surface area contributed by atoms with Gasteiger partial charge in [0.1, 0.15) is 11.4 Å². The standard InChI is InChI=1S/C18H25NO3/c1-14(20)13-16-11-6-5-9-15(16)10-7-8-12-19-17(21)22-18(2,3)4/h5-7,9-11H,8,12-13H2,1-4H3,(H,19,21). The van der Waals surface area contributed by atoms with Crippen LogP contribution in [0.5, 0.6) is 0 Å². The van der Waals surface area contributed by atoms with Crippen LogP contribution < -0.4 is 5.32 Å². The summed E-state index contributed by atoms with van der Waals surface area (Å²) in [5.74, 6) is 0.146. The summed E-state index contributed by atoms with van der Waals surface area (Å²) in [7, 11) is 0. The van der Waals surface area contributed by atoms with Crippen molar-refractivity contribution in [1.29, 1.82) is 0 Å². The number of carbonyl (C=O) groups is 2. The molecule has 0 aliphatic heterocycles. The number of hydrogen-bond donors (Lipinski definition) is 1. The van der Waals surface area contributed by atoms with Crippen molar-refractivity contribution in [1.82, 2.24) is 5.32 Å². The van der Waals surface area contributed by atoms with E-state index < -0.39 is 11.7 Å². The van der Waals surface area contributed by atoms with Gasteiger partial charge in [0.2, 0.25) is 0 Å². The fourth-order valence-corrected chi connectivity index (χ4v) is 1.91. The molecule has 0 radical (unpaired) electrons. The maximum absolute atomic E-state index is 11.5. The van der Waals surface area contributed by atoms with Gasteiger partial charge in [0, 0.05) is 13.0 Å². The topological polar surface area (TPSA) is 55.4 Å². The maximum atomic E-state index is 11.5. The minimum Gasteiger partial charge on any atom is -0.444 e. The molecule has 0 aliphatic rings. The van der Waals surface area contributed by atoms with Crippen LogP contribution in [0, 0.1) is 0 Å². The van der Waals surface area contributed by atoms with Crippen LogP contribution >= 0.6 is 0 Å². The first-order chi connectivity index (χ1) is 10.3. The predicted molar refractivity (Wildman–Crippen MR) is 88.7 cm³/mol. The zero-order valence-electron chi connectivity index (χ0n) is 13.8. The lowest BCUT2D eigenvalue weighted by Gasteiger charge is -2.19. The second kappa shape index (κ2) is 8.37. The first-order valence-electron chi connectivity index (χ1n) is 7.48. The normalized spacial score (nSPS) is 11.5. The van der Waals surface area contributed by atoms with E-state index in [1.165, 1.54) is 0 Å². The summed E-state index contributed by atoms with van der Waals surface area (Å²) in [5.41, 5.74) is 1.58. The Bertz CT molecular complexity index is 542. The largest absolute Gasteiger partial charge is 0.444 e. The van der Waals surface area contributed by atoms with Crippen molar-refractivity contribution in [3.05, 3.63) is 41.5 Å². The van der Waals surface area contributed by atoms with Crippen molar-refractivity contribution in [2.75, 3.05) is 6.54 Å². The Hall–Kier alpha value is -2.10. The quantitative estimate of drug-likeness (QED) is 0.814. The molecule has 0 aromatic heterocycles. The molecule has 0 aliphatic carbocycles. The lowest BCUT2D eigenvalue weighted by molar-refractivity contribution is -0.116. The molecule has 120 valence electrons. The van der Waals surface area contributed by atoms with Crippen LogP contribution in [-0.2, 0) is 16.0 Å². The molecule has 1 amide bonds. The second-order valence-corrected chi connectivity index (χ2v) is 6.20. The Morgan fingerprint density at radius 2 is 1.91 bits per heavy atom. The summed E-state index contributed by atoms with van der Waals surface area (Å²) in [5, 5.41) is 2.71. The van der Waals surface area contributed by atoms with E-state index >= 15 is 0 Å². The van der Waals surface area contributed by atoms with E-state index in [0.717, 1.165) is 11.1 Å². The number of hydrogen-bond acceptors (Lipinski definition) is 3. The van der Waals surface area contributed by atoms with Crippen LogP contribution in [0.3, 0.4) is 0 Å². The van der Waals surface area contributed by atoms with Gasteiger partial charge in [-0.15, -0.1) is 0 Å². The first kappa shape index (κ1) is 18.0. The molecular formula is C18H25NO3. The number of nitrogens with one attached hydrogen (secondary N) is 1. The summed E-state index contributed by atoms with van der Waals surface area (Å²) in [4.78, 5) is 22.7. The van der Waals surface area contributed by atoms with Gasteiger partial charge in [-0.25, -0.2) is 4.79 Å². The molecule has 4 nitrogen and oxygen atoms in total. The molecule has 22 heavy (non-hydrogen) atoms. The van der Waals surface area contributed by atoms with Crippen LogP contribution in [0.15, 0.2) is 30.3 Å². The molecule has 0 bridgehead atoms. The number of alkyl carbamates (subject to hydrolysis) is 1. The number of carbonyl (C=O) groups excluding carboxylic acids is 2. The lowest BCUT2D eigenvalue weighted by atomic mass is 10.0. The fourth-order valence-electron chi connectivity index (χ4n) is 1.91. The van der Waals surface area contributed by atoms with E-state index in [9.17, 15) is 9.59 Å². The Balaban J connectivity index is 2.44. The van der Waals surface area contributed by atoms with Crippen molar-refractivity contribution in [2.24, 2.45) is 0 Å². The van der Waals surface area contributed by atoms with Gasteiger partial charge < -0.3 is 10.1 Å². The van der Waals surface area contributed by atoms with E-state index in [2.05, 4.69) is 5.32 Å². The van der Waals surface area contributed by atoms with Gasteiger partial charge in [0.25, 0.3) is 0 Å². The fraction of sp³-hybridized carbons (Fsp3) is 0.444. The highest BCUT2D eigenvalue weighted by Gasteiger charge is 2.15. The average molecular weight is 303 g/mol. The second-order valence-electron chi connectivity index (χ2n) is 6.20. The molecule has 0 heterocycles. The molecule has 0 spiro atoms. The Labute approximate surface area is 132 Å². The van der Waals surface area contributed by atoms with Crippen LogP contribution in [0.2, 0.25) is 0 Å². The van der Waals surface area contributed by atoms with E-state index in [1.54, 1.807) is 6.92 Å². The summed E-state index contributed by atoms with van der Waals surface area (Å²) < 4.78 is 5.15. The summed E-state index contributed by atoms with van der Waals surface area (Å²) >= 11 is 0. The monoisotopic (exact) mass is 303 g/mol. The lowest BCUT2D eigenvalue weighted by Crippen LogP contribution is -2.32. The molecular weight excluding hydrogens is 278 g/mol. The molecule has 4 heteroatoms. The van der Waals surface area contributed by atoms with Crippen molar-refractivity contribution >= 4 is 18.0 Å². The summed E-state index contributed by atoms with van der Waals surface area (Å²) in [6.45, 7) is 7.60. The van der Waals surface area contributed by atoms with Gasteiger partial charge in [-0.05, 0) is 45.2 Å². The number of rotatable bonds is 6. The maximum Gasteiger partial charge on any atom is 0.407 e. The molecule has 1 rings (SSSR count). The third-order valence-electron chi connectivity index (χ3n) is 2.77. The van der Waals surface area contributed by atoms with Crippen molar-refractivity contribution in [3.8, 4) is 0 Å². The van der Waals surface area contributed by atoms with Crippen LogP contribution in [-0.4, -0.2) is 24.0 Å². The van der Waals surface area contributed by atoms with Crippen LogP contribution in [0.4, 0.5) is 4.79 Å². The summed E-state index contributed by atoms with van der Waals surface area (Å²) in [6, 6.07) is 7.82. The van der Waals surface area contributed by atoms with Crippen molar-refractivity contribution in [2.45, 2.75) is 46.1 Å². The van der Waals surface area contributed by atoms with Crippen molar-refractivity contribution < 1.29 is 14.3 Å². The number of ether oxygens (including phenoxy) is 1. The zero-order valence-corrected chi connectivity index (χ0v) is 13.8. The highest BCUT2D eigenvalue weighted by atomic mass is 16.6. The van der Waals surface area contributed by atoms with E-state index in [1.807, 2.05) is 57.2 Å². The minimum atomic E-state index is -0.481. The molecule has 0 unspecified atom stereocenters. The van der Waals surface area contributed by atoms with E-state index in [4.69, 9.17) is 4.74 Å². The van der Waals surface area contributed by atoms with Crippen molar-refractivity contribution in [3.63, 3.8) is 0 Å². The third kappa shape index (κ3) is 7.62. The van der Waals surface area contributed by atoms with Gasteiger partial charge in [-0.2, -0.15) is 0 Å². The Morgan fingerprint density at radius 3 is 2.55 bits per heavy atom. The Morgan fingerprint density at radius 1 is 1.23 bits per heavy atom. The number of benzene rings is 1.